The minimum Gasteiger partial charge on any atom is -0.478 e. The van der Waals surface area contributed by atoms with E-state index in [2.05, 4.69) is 9.84 Å². The molecule has 0 saturated carbocycles. The van der Waals surface area contributed by atoms with Gasteiger partial charge in [-0.3, -0.25) is 4.68 Å². The largest absolute Gasteiger partial charge is 0.478 e. The second kappa shape index (κ2) is 4.12. The van der Waals surface area contributed by atoms with Crippen LogP contribution in [0.5, 0.6) is 0 Å². The molecule has 0 aliphatic carbocycles. The highest BCUT2D eigenvalue weighted by molar-refractivity contribution is 6.01. The molecule has 1 rings (SSSR count). The summed E-state index contributed by atoms with van der Waals surface area (Å²) < 4.78 is 5.84. The van der Waals surface area contributed by atoms with Crippen LogP contribution in [0.15, 0.2) is 6.20 Å². The van der Waals surface area contributed by atoms with Crippen LogP contribution < -0.4 is 0 Å². The molecule has 0 fully saturated rings. The summed E-state index contributed by atoms with van der Waals surface area (Å²) in [5, 5.41) is 12.7. The fourth-order valence-electron chi connectivity index (χ4n) is 1.21. The topological polar surface area (TPSA) is 81.4 Å². The van der Waals surface area contributed by atoms with Crippen molar-refractivity contribution >= 4 is 11.9 Å². The summed E-state index contributed by atoms with van der Waals surface area (Å²) >= 11 is 0. The highest BCUT2D eigenvalue weighted by Gasteiger charge is 2.24. The van der Waals surface area contributed by atoms with Crippen molar-refractivity contribution in [2.45, 2.75) is 19.9 Å². The lowest BCUT2D eigenvalue weighted by Crippen LogP contribution is -2.16. The number of carboxylic acids is 1. The van der Waals surface area contributed by atoms with Crippen molar-refractivity contribution in [2.24, 2.45) is 0 Å². The van der Waals surface area contributed by atoms with Crippen molar-refractivity contribution < 1.29 is 19.4 Å². The van der Waals surface area contributed by atoms with Gasteiger partial charge in [-0.15, -0.1) is 0 Å². The average Bonchev–Trinajstić information content (AvgIpc) is 2.60. The summed E-state index contributed by atoms with van der Waals surface area (Å²) in [6, 6.07) is -0.104. The minimum atomic E-state index is -1.19. The van der Waals surface area contributed by atoms with E-state index in [4.69, 9.17) is 5.11 Å². The van der Waals surface area contributed by atoms with Crippen LogP contribution in [-0.2, 0) is 4.74 Å². The molecule has 0 amide bonds. The minimum absolute atomic E-state index is 0.0278. The summed E-state index contributed by atoms with van der Waals surface area (Å²) in [7, 11) is 1.20. The summed E-state index contributed by atoms with van der Waals surface area (Å²) in [5.74, 6) is -1.89. The van der Waals surface area contributed by atoms with E-state index in [9.17, 15) is 9.59 Å². The molecule has 0 saturated heterocycles. The number of carbonyl (C=O) groups excluding carboxylic acids is 1. The number of nitrogens with zero attached hydrogens (tertiary/aromatic N) is 2. The summed E-state index contributed by atoms with van der Waals surface area (Å²) in [6.45, 7) is 3.59. The van der Waals surface area contributed by atoms with Gasteiger partial charge in [-0.05, 0) is 13.8 Å². The lowest BCUT2D eigenvalue weighted by atomic mass is 10.2. The Morgan fingerprint density at radius 3 is 2.53 bits per heavy atom. The maximum absolute atomic E-state index is 11.4. The van der Waals surface area contributed by atoms with Gasteiger partial charge in [0.15, 0.2) is 5.69 Å². The zero-order valence-electron chi connectivity index (χ0n) is 8.72. The predicted molar refractivity (Wildman–Crippen MR) is 50.9 cm³/mol. The van der Waals surface area contributed by atoms with E-state index in [1.54, 1.807) is 13.8 Å². The molecule has 1 aromatic heterocycles. The highest BCUT2D eigenvalue weighted by Crippen LogP contribution is 2.15. The van der Waals surface area contributed by atoms with Crippen molar-refractivity contribution in [3.8, 4) is 0 Å². The third kappa shape index (κ3) is 1.98. The molecule has 15 heavy (non-hydrogen) atoms. The number of esters is 1. The van der Waals surface area contributed by atoms with Crippen LogP contribution in [0, 0.1) is 0 Å². The fraction of sp³-hybridized carbons (Fsp3) is 0.444. The smallest absolute Gasteiger partial charge is 0.357 e. The van der Waals surface area contributed by atoms with Gasteiger partial charge >= 0.3 is 11.9 Å². The Balaban J connectivity index is 3.32. The number of hydrogen-bond donors (Lipinski definition) is 1. The van der Waals surface area contributed by atoms with Gasteiger partial charge in [0.05, 0.1) is 13.3 Å². The Labute approximate surface area is 86.5 Å². The van der Waals surface area contributed by atoms with Crippen molar-refractivity contribution in [3.63, 3.8) is 0 Å². The van der Waals surface area contributed by atoms with Crippen molar-refractivity contribution in [3.05, 3.63) is 17.5 Å². The second-order valence-corrected chi connectivity index (χ2v) is 3.24. The third-order valence-corrected chi connectivity index (χ3v) is 1.89. The maximum atomic E-state index is 11.4. The van der Waals surface area contributed by atoms with E-state index < -0.39 is 11.9 Å². The normalized spacial score (nSPS) is 10.4. The summed E-state index contributed by atoms with van der Waals surface area (Å²) in [6.07, 6.45) is 1.15. The Hall–Kier alpha value is -1.85. The lowest BCUT2D eigenvalue weighted by molar-refractivity contribution is 0.0567. The van der Waals surface area contributed by atoms with Crippen molar-refractivity contribution in [1.82, 2.24) is 9.78 Å². The molecule has 82 valence electrons. The first-order valence-corrected chi connectivity index (χ1v) is 4.38. The number of methoxy groups -OCH3 is 1. The molecule has 1 N–H and O–H groups in total. The number of aromatic nitrogens is 2. The molecule has 0 aliphatic heterocycles. The zero-order chi connectivity index (χ0) is 11.6. The molecule has 0 radical (unpaired) electrons. The Kier molecular flexibility index (Phi) is 3.08. The summed E-state index contributed by atoms with van der Waals surface area (Å²) in [4.78, 5) is 22.2. The van der Waals surface area contributed by atoms with E-state index in [0.717, 1.165) is 6.20 Å². The molecular formula is C9H12N2O4. The van der Waals surface area contributed by atoms with E-state index in [-0.39, 0.29) is 17.3 Å². The van der Waals surface area contributed by atoms with Crippen LogP contribution in [0.2, 0.25) is 0 Å². The quantitative estimate of drug-likeness (QED) is 0.754. The van der Waals surface area contributed by atoms with Crippen molar-refractivity contribution in [2.75, 3.05) is 7.11 Å². The van der Waals surface area contributed by atoms with Crippen LogP contribution in [0.3, 0.4) is 0 Å². The number of ether oxygens (including phenoxy) is 1. The van der Waals surface area contributed by atoms with Gasteiger partial charge in [0.2, 0.25) is 0 Å². The molecule has 1 heterocycles. The van der Waals surface area contributed by atoms with Gasteiger partial charge in [0.25, 0.3) is 0 Å². The van der Waals surface area contributed by atoms with Crippen LogP contribution in [0.1, 0.15) is 40.7 Å². The van der Waals surface area contributed by atoms with Gasteiger partial charge in [-0.1, -0.05) is 0 Å². The predicted octanol–water partition coefficient (Wildman–Crippen LogP) is 0.949. The molecule has 0 bridgehead atoms. The van der Waals surface area contributed by atoms with E-state index in [1.807, 2.05) is 0 Å². The first kappa shape index (κ1) is 11.2. The molecule has 6 nitrogen and oxygen atoms in total. The number of rotatable bonds is 3. The molecule has 1 aromatic rings. The first-order valence-electron chi connectivity index (χ1n) is 4.38. The van der Waals surface area contributed by atoms with Crippen LogP contribution in [0.25, 0.3) is 0 Å². The standard InChI is InChI=1S/C9H12N2O4/c1-5(2)11-7(9(14)15-3)6(4-10-11)8(12)13/h4-5H,1-3H3,(H,12,13). The SMILES string of the molecule is COC(=O)c1c(C(=O)O)cnn1C(C)C. The van der Waals surface area contributed by atoms with E-state index in [0.29, 0.717) is 0 Å². The molecule has 0 aromatic carbocycles. The summed E-state index contributed by atoms with van der Waals surface area (Å²) in [5.41, 5.74) is -0.171. The van der Waals surface area contributed by atoms with Crippen LogP contribution in [0.4, 0.5) is 0 Å². The van der Waals surface area contributed by atoms with Gasteiger partial charge in [0, 0.05) is 6.04 Å². The number of carboxylic acid groups (broad SMARTS) is 1. The first-order chi connectivity index (χ1) is 6.99. The second-order valence-electron chi connectivity index (χ2n) is 3.24. The zero-order valence-corrected chi connectivity index (χ0v) is 8.72. The molecule has 0 atom stereocenters. The number of aromatic carboxylic acids is 1. The third-order valence-electron chi connectivity index (χ3n) is 1.89. The lowest BCUT2D eigenvalue weighted by Gasteiger charge is -2.09. The molecule has 6 heteroatoms. The Morgan fingerprint density at radius 1 is 1.53 bits per heavy atom. The van der Waals surface area contributed by atoms with Gasteiger partial charge in [-0.25, -0.2) is 9.59 Å². The Bertz CT molecular complexity index is 395. The molecule has 0 unspecified atom stereocenters. The van der Waals surface area contributed by atoms with E-state index in [1.165, 1.54) is 11.8 Å². The monoisotopic (exact) mass is 212 g/mol. The van der Waals surface area contributed by atoms with Gasteiger partial charge in [0.1, 0.15) is 5.56 Å². The highest BCUT2D eigenvalue weighted by atomic mass is 16.5. The average molecular weight is 212 g/mol. The molecule has 0 aliphatic rings. The van der Waals surface area contributed by atoms with Crippen molar-refractivity contribution in [1.29, 1.82) is 0 Å². The number of carbonyl (C=O) groups is 2. The Morgan fingerprint density at radius 2 is 2.13 bits per heavy atom. The molecular weight excluding hydrogens is 200 g/mol. The maximum Gasteiger partial charge on any atom is 0.357 e. The van der Waals surface area contributed by atoms with E-state index >= 15 is 0 Å². The van der Waals surface area contributed by atoms with Gasteiger partial charge < -0.3 is 9.84 Å². The van der Waals surface area contributed by atoms with Crippen LogP contribution in [-0.4, -0.2) is 33.9 Å². The molecule has 0 spiro atoms. The van der Waals surface area contributed by atoms with Gasteiger partial charge in [-0.2, -0.15) is 5.10 Å². The fourth-order valence-corrected chi connectivity index (χ4v) is 1.21. The number of hydrogen-bond acceptors (Lipinski definition) is 4. The van der Waals surface area contributed by atoms with Crippen LogP contribution >= 0.6 is 0 Å².